The maximum atomic E-state index is 13.0. The number of carbonyl (C=O) groups is 1. The van der Waals surface area contributed by atoms with Gasteiger partial charge in [-0.3, -0.25) is 9.36 Å². The highest BCUT2D eigenvalue weighted by Crippen LogP contribution is 2.27. The van der Waals surface area contributed by atoms with Crippen LogP contribution >= 0.6 is 0 Å². The smallest absolute Gasteiger partial charge is 0.251 e. The summed E-state index contributed by atoms with van der Waals surface area (Å²) in [4.78, 5) is 19.7. The molecule has 32 heavy (non-hydrogen) atoms. The summed E-state index contributed by atoms with van der Waals surface area (Å²) in [7, 11) is 5.65. The fourth-order valence-electron chi connectivity index (χ4n) is 4.05. The lowest BCUT2D eigenvalue weighted by Gasteiger charge is -2.26. The van der Waals surface area contributed by atoms with E-state index in [1.807, 2.05) is 93.8 Å². The molecule has 1 N–H and O–H groups in total. The minimum absolute atomic E-state index is 0.0154. The van der Waals surface area contributed by atoms with Crippen LogP contribution in [-0.4, -0.2) is 48.1 Å². The summed E-state index contributed by atoms with van der Waals surface area (Å²) in [5, 5.41) is 3.08. The van der Waals surface area contributed by atoms with Crippen LogP contribution in [0.1, 0.15) is 27.8 Å². The highest BCUT2D eigenvalue weighted by atomic mass is 16.5. The van der Waals surface area contributed by atoms with Crippen LogP contribution in [0.2, 0.25) is 0 Å². The number of hydrogen-bond acceptors (Lipinski definition) is 4. The van der Waals surface area contributed by atoms with E-state index in [0.717, 1.165) is 33.9 Å². The molecule has 0 saturated carbocycles. The maximum absolute atomic E-state index is 13.0. The van der Waals surface area contributed by atoms with E-state index in [1.165, 1.54) is 0 Å². The van der Waals surface area contributed by atoms with Gasteiger partial charge in [0, 0.05) is 23.4 Å². The number of methoxy groups -OCH3 is 1. The molecule has 1 atom stereocenters. The summed E-state index contributed by atoms with van der Waals surface area (Å²) in [6.07, 6.45) is 0. The van der Waals surface area contributed by atoms with Crippen LogP contribution in [0.4, 0.5) is 0 Å². The first-order chi connectivity index (χ1) is 15.5. The van der Waals surface area contributed by atoms with E-state index < -0.39 is 0 Å². The number of ether oxygens (including phenoxy) is 1. The topological polar surface area (TPSA) is 59.4 Å². The van der Waals surface area contributed by atoms with Crippen LogP contribution in [0.25, 0.3) is 16.7 Å². The molecule has 4 aromatic rings. The summed E-state index contributed by atoms with van der Waals surface area (Å²) in [6, 6.07) is 23.6. The van der Waals surface area contributed by atoms with Gasteiger partial charge < -0.3 is 15.0 Å². The number of carbonyl (C=O) groups excluding carboxylic acids is 1. The van der Waals surface area contributed by atoms with Gasteiger partial charge >= 0.3 is 0 Å². The maximum Gasteiger partial charge on any atom is 0.251 e. The molecule has 0 radical (unpaired) electrons. The van der Waals surface area contributed by atoms with Crippen molar-refractivity contribution in [3.63, 3.8) is 0 Å². The molecule has 0 aliphatic rings. The standard InChI is InChI=1S/C26H28N4O2/c1-18-28-22-16-19(14-15-23(22)30(18)20-10-6-5-7-11-20)26(31)27-17-24(29(2)3)21-12-8-9-13-25(21)32-4/h5-16,24H,17H2,1-4H3,(H,27,31). The molecule has 1 amide bonds. The first-order valence-electron chi connectivity index (χ1n) is 10.6. The SMILES string of the molecule is COc1ccccc1C(CNC(=O)c1ccc2c(c1)nc(C)n2-c1ccccc1)N(C)C. The minimum atomic E-state index is -0.124. The number of nitrogens with zero attached hydrogens (tertiary/aromatic N) is 3. The molecule has 0 spiro atoms. The number of hydrogen-bond donors (Lipinski definition) is 1. The number of imidazole rings is 1. The Balaban J connectivity index is 1.56. The minimum Gasteiger partial charge on any atom is -0.496 e. The molecule has 0 fully saturated rings. The lowest BCUT2D eigenvalue weighted by Crippen LogP contribution is -2.34. The first kappa shape index (κ1) is 21.6. The average molecular weight is 429 g/mol. The fraction of sp³-hybridized carbons (Fsp3) is 0.231. The predicted molar refractivity (Wildman–Crippen MR) is 128 cm³/mol. The van der Waals surface area contributed by atoms with E-state index in [1.54, 1.807) is 7.11 Å². The molecule has 1 unspecified atom stereocenters. The third kappa shape index (κ3) is 4.22. The van der Waals surface area contributed by atoms with Gasteiger partial charge in [-0.1, -0.05) is 36.4 Å². The largest absolute Gasteiger partial charge is 0.496 e. The van der Waals surface area contributed by atoms with Crippen LogP contribution in [0, 0.1) is 6.92 Å². The van der Waals surface area contributed by atoms with Crippen molar-refractivity contribution >= 4 is 16.9 Å². The third-order valence-corrected chi connectivity index (χ3v) is 5.68. The second kappa shape index (κ2) is 9.24. The number of para-hydroxylation sites is 2. The Labute approximate surface area is 188 Å². The highest BCUT2D eigenvalue weighted by Gasteiger charge is 2.20. The molecule has 0 bridgehead atoms. The molecular formula is C26H28N4O2. The number of likely N-dealkylation sites (N-methyl/N-ethyl adjacent to an activating group) is 1. The zero-order valence-electron chi connectivity index (χ0n) is 18.9. The lowest BCUT2D eigenvalue weighted by atomic mass is 10.0. The summed E-state index contributed by atoms with van der Waals surface area (Å²) in [5.74, 6) is 1.57. The molecule has 0 saturated heterocycles. The zero-order valence-corrected chi connectivity index (χ0v) is 18.9. The van der Waals surface area contributed by atoms with Crippen LogP contribution in [0.5, 0.6) is 5.75 Å². The van der Waals surface area contributed by atoms with E-state index in [9.17, 15) is 4.79 Å². The fourth-order valence-corrected chi connectivity index (χ4v) is 4.05. The number of rotatable bonds is 7. The third-order valence-electron chi connectivity index (χ3n) is 5.68. The Morgan fingerprint density at radius 3 is 2.50 bits per heavy atom. The zero-order chi connectivity index (χ0) is 22.7. The number of benzene rings is 3. The molecule has 1 heterocycles. The van der Waals surface area contributed by atoms with Gasteiger partial charge in [0.15, 0.2) is 0 Å². The Morgan fingerprint density at radius 2 is 1.78 bits per heavy atom. The van der Waals surface area contributed by atoms with Gasteiger partial charge in [0.2, 0.25) is 0 Å². The highest BCUT2D eigenvalue weighted by molar-refractivity contribution is 5.97. The molecule has 164 valence electrons. The van der Waals surface area contributed by atoms with Gasteiger partial charge in [-0.25, -0.2) is 4.98 Å². The predicted octanol–water partition coefficient (Wildman–Crippen LogP) is 4.38. The second-order valence-electron chi connectivity index (χ2n) is 7.96. The number of aryl methyl sites for hydroxylation is 1. The van der Waals surface area contributed by atoms with E-state index in [-0.39, 0.29) is 11.9 Å². The molecule has 1 aromatic heterocycles. The number of nitrogens with one attached hydrogen (secondary N) is 1. The van der Waals surface area contributed by atoms with Crippen LogP contribution < -0.4 is 10.1 Å². The van der Waals surface area contributed by atoms with Crippen molar-refractivity contribution in [3.05, 3.63) is 89.7 Å². The van der Waals surface area contributed by atoms with Gasteiger partial charge in [0.05, 0.1) is 24.2 Å². The molecule has 6 nitrogen and oxygen atoms in total. The quantitative estimate of drug-likeness (QED) is 0.475. The van der Waals surface area contributed by atoms with Crippen molar-refractivity contribution in [2.24, 2.45) is 0 Å². The number of fused-ring (bicyclic) bond motifs is 1. The van der Waals surface area contributed by atoms with Gasteiger partial charge in [-0.05, 0) is 57.4 Å². The average Bonchev–Trinajstić information content (AvgIpc) is 3.14. The van der Waals surface area contributed by atoms with E-state index in [0.29, 0.717) is 12.1 Å². The normalized spacial score (nSPS) is 12.2. The van der Waals surface area contributed by atoms with Crippen molar-refractivity contribution in [3.8, 4) is 11.4 Å². The van der Waals surface area contributed by atoms with E-state index >= 15 is 0 Å². The Hall–Kier alpha value is -3.64. The van der Waals surface area contributed by atoms with Crippen molar-refractivity contribution in [2.75, 3.05) is 27.7 Å². The molecule has 0 aliphatic heterocycles. The van der Waals surface area contributed by atoms with Crippen molar-refractivity contribution in [1.82, 2.24) is 19.8 Å². The first-order valence-corrected chi connectivity index (χ1v) is 10.6. The number of amides is 1. The lowest BCUT2D eigenvalue weighted by molar-refractivity contribution is 0.0941. The molecule has 6 heteroatoms. The Bertz CT molecular complexity index is 1230. The van der Waals surface area contributed by atoms with Gasteiger partial charge in [0.25, 0.3) is 5.91 Å². The molecular weight excluding hydrogens is 400 g/mol. The molecule has 4 rings (SSSR count). The van der Waals surface area contributed by atoms with Gasteiger partial charge in [0.1, 0.15) is 11.6 Å². The van der Waals surface area contributed by atoms with Crippen molar-refractivity contribution < 1.29 is 9.53 Å². The summed E-state index contributed by atoms with van der Waals surface area (Å²) in [5.41, 5.74) is 4.45. The Kier molecular flexibility index (Phi) is 6.23. The molecule has 3 aromatic carbocycles. The van der Waals surface area contributed by atoms with Gasteiger partial charge in [-0.15, -0.1) is 0 Å². The summed E-state index contributed by atoms with van der Waals surface area (Å²) < 4.78 is 7.61. The van der Waals surface area contributed by atoms with Crippen molar-refractivity contribution in [2.45, 2.75) is 13.0 Å². The monoisotopic (exact) mass is 428 g/mol. The second-order valence-corrected chi connectivity index (χ2v) is 7.96. The summed E-state index contributed by atoms with van der Waals surface area (Å²) in [6.45, 7) is 2.43. The van der Waals surface area contributed by atoms with Crippen molar-refractivity contribution in [1.29, 1.82) is 0 Å². The number of aromatic nitrogens is 2. The van der Waals surface area contributed by atoms with E-state index in [4.69, 9.17) is 4.74 Å². The van der Waals surface area contributed by atoms with Crippen LogP contribution in [0.3, 0.4) is 0 Å². The van der Waals surface area contributed by atoms with Crippen LogP contribution in [0.15, 0.2) is 72.8 Å². The van der Waals surface area contributed by atoms with Crippen LogP contribution in [-0.2, 0) is 0 Å². The summed E-state index contributed by atoms with van der Waals surface area (Å²) >= 11 is 0. The molecule has 0 aliphatic carbocycles. The Morgan fingerprint density at radius 1 is 1.06 bits per heavy atom. The van der Waals surface area contributed by atoms with Gasteiger partial charge in [-0.2, -0.15) is 0 Å². The van der Waals surface area contributed by atoms with E-state index in [2.05, 4.69) is 19.8 Å².